The first kappa shape index (κ1) is 12.9. The van der Waals surface area contributed by atoms with E-state index in [1.807, 2.05) is 0 Å². The standard InChI is InChI=1S/C12H12FNO3S/c1-17-12(16)9-4-7(13)2-3-10(9)14-6-8(18)5-11(14)15/h2-4,8,18H,5-6H2,1H3. The molecule has 1 fully saturated rings. The number of amides is 1. The fraction of sp³-hybridized carbons (Fsp3) is 0.333. The van der Waals surface area contributed by atoms with E-state index in [4.69, 9.17) is 0 Å². The molecule has 0 N–H and O–H groups in total. The highest BCUT2D eigenvalue weighted by atomic mass is 32.1. The molecule has 4 nitrogen and oxygen atoms in total. The van der Waals surface area contributed by atoms with Gasteiger partial charge in [0, 0.05) is 18.2 Å². The summed E-state index contributed by atoms with van der Waals surface area (Å²) in [6, 6.07) is 3.69. The van der Waals surface area contributed by atoms with E-state index in [-0.39, 0.29) is 16.7 Å². The second-order valence-electron chi connectivity index (χ2n) is 4.02. The van der Waals surface area contributed by atoms with Gasteiger partial charge in [-0.25, -0.2) is 9.18 Å². The summed E-state index contributed by atoms with van der Waals surface area (Å²) in [6.45, 7) is 0.400. The first-order chi connectivity index (χ1) is 8.52. The van der Waals surface area contributed by atoms with Crippen LogP contribution in [0.5, 0.6) is 0 Å². The quantitative estimate of drug-likeness (QED) is 0.656. The summed E-state index contributed by atoms with van der Waals surface area (Å²) in [5.41, 5.74) is 0.415. The minimum Gasteiger partial charge on any atom is -0.465 e. The first-order valence-electron chi connectivity index (χ1n) is 5.39. The average molecular weight is 269 g/mol. The molecule has 1 aromatic rings. The molecule has 1 amide bonds. The molecule has 0 radical (unpaired) electrons. The maximum absolute atomic E-state index is 13.2. The molecule has 1 saturated heterocycles. The van der Waals surface area contributed by atoms with E-state index in [2.05, 4.69) is 17.4 Å². The molecule has 0 saturated carbocycles. The molecule has 18 heavy (non-hydrogen) atoms. The van der Waals surface area contributed by atoms with Gasteiger partial charge in [-0.3, -0.25) is 4.79 Å². The van der Waals surface area contributed by atoms with Crippen molar-refractivity contribution in [2.24, 2.45) is 0 Å². The van der Waals surface area contributed by atoms with Crippen molar-refractivity contribution in [2.45, 2.75) is 11.7 Å². The number of hydrogen-bond donors (Lipinski definition) is 1. The predicted molar refractivity (Wildman–Crippen MR) is 67.5 cm³/mol. The zero-order valence-electron chi connectivity index (χ0n) is 9.72. The Labute approximate surface area is 109 Å². The van der Waals surface area contributed by atoms with E-state index < -0.39 is 11.8 Å². The Morgan fingerprint density at radius 3 is 2.83 bits per heavy atom. The highest BCUT2D eigenvalue weighted by molar-refractivity contribution is 7.81. The van der Waals surface area contributed by atoms with Crippen LogP contribution in [-0.4, -0.2) is 30.8 Å². The third-order valence-electron chi connectivity index (χ3n) is 2.76. The SMILES string of the molecule is COC(=O)c1cc(F)ccc1N1CC(S)CC1=O. The lowest BCUT2D eigenvalue weighted by Gasteiger charge is -2.19. The van der Waals surface area contributed by atoms with Crippen molar-refractivity contribution in [3.05, 3.63) is 29.6 Å². The number of anilines is 1. The molecule has 1 aliphatic heterocycles. The molecule has 0 bridgehead atoms. The maximum atomic E-state index is 13.2. The highest BCUT2D eigenvalue weighted by Crippen LogP contribution is 2.28. The average Bonchev–Trinajstić information content (AvgIpc) is 2.67. The van der Waals surface area contributed by atoms with Gasteiger partial charge in [0.15, 0.2) is 0 Å². The first-order valence-corrected chi connectivity index (χ1v) is 5.91. The van der Waals surface area contributed by atoms with Crippen LogP contribution in [0.15, 0.2) is 18.2 Å². The van der Waals surface area contributed by atoms with E-state index in [1.165, 1.54) is 24.1 Å². The van der Waals surface area contributed by atoms with Gasteiger partial charge in [-0.1, -0.05) is 0 Å². The molecule has 0 spiro atoms. The van der Waals surface area contributed by atoms with Crippen molar-refractivity contribution >= 4 is 30.2 Å². The second kappa shape index (κ2) is 4.97. The van der Waals surface area contributed by atoms with Gasteiger partial charge < -0.3 is 9.64 Å². The Balaban J connectivity index is 2.44. The van der Waals surface area contributed by atoms with Crippen LogP contribution in [0.4, 0.5) is 10.1 Å². The molecule has 1 aromatic carbocycles. The molecule has 1 heterocycles. The smallest absolute Gasteiger partial charge is 0.340 e. The number of methoxy groups -OCH3 is 1. The minimum absolute atomic E-state index is 0.0493. The number of benzene rings is 1. The molecule has 1 atom stereocenters. The Kier molecular flexibility index (Phi) is 3.56. The van der Waals surface area contributed by atoms with Crippen molar-refractivity contribution in [3.8, 4) is 0 Å². The van der Waals surface area contributed by atoms with Crippen molar-refractivity contribution in [1.82, 2.24) is 0 Å². The molecule has 2 rings (SSSR count). The predicted octanol–water partition coefficient (Wildman–Crippen LogP) is 1.65. The molecule has 1 aliphatic rings. The second-order valence-corrected chi connectivity index (χ2v) is 4.75. The van der Waals surface area contributed by atoms with E-state index >= 15 is 0 Å². The van der Waals surface area contributed by atoms with Gasteiger partial charge in [-0.2, -0.15) is 12.6 Å². The Hall–Kier alpha value is -1.56. The summed E-state index contributed by atoms with van der Waals surface area (Å²) >= 11 is 4.24. The summed E-state index contributed by atoms with van der Waals surface area (Å²) in [6.07, 6.45) is 0.307. The number of carbonyl (C=O) groups excluding carboxylic acids is 2. The molecule has 1 unspecified atom stereocenters. The number of nitrogens with zero attached hydrogens (tertiary/aromatic N) is 1. The van der Waals surface area contributed by atoms with Crippen LogP contribution in [0.1, 0.15) is 16.8 Å². The fourth-order valence-electron chi connectivity index (χ4n) is 1.94. The summed E-state index contributed by atoms with van der Waals surface area (Å²) in [5.74, 6) is -1.35. The van der Waals surface area contributed by atoms with Crippen LogP contribution in [0.25, 0.3) is 0 Å². The van der Waals surface area contributed by atoms with E-state index in [0.29, 0.717) is 18.7 Å². The van der Waals surface area contributed by atoms with Gasteiger partial charge in [0.25, 0.3) is 0 Å². The van der Waals surface area contributed by atoms with Crippen LogP contribution in [0.3, 0.4) is 0 Å². The highest BCUT2D eigenvalue weighted by Gasteiger charge is 2.31. The number of ether oxygens (including phenoxy) is 1. The van der Waals surface area contributed by atoms with Gasteiger partial charge in [0.05, 0.1) is 18.4 Å². The van der Waals surface area contributed by atoms with Gasteiger partial charge in [0.2, 0.25) is 5.91 Å². The zero-order valence-corrected chi connectivity index (χ0v) is 10.6. The monoisotopic (exact) mass is 269 g/mol. The molecule has 96 valence electrons. The van der Waals surface area contributed by atoms with Crippen molar-refractivity contribution in [3.63, 3.8) is 0 Å². The Bertz CT molecular complexity index is 506. The van der Waals surface area contributed by atoms with Crippen LogP contribution in [0.2, 0.25) is 0 Å². The minimum atomic E-state index is -0.667. The van der Waals surface area contributed by atoms with E-state index in [9.17, 15) is 14.0 Å². The lowest BCUT2D eigenvalue weighted by molar-refractivity contribution is -0.117. The third kappa shape index (κ3) is 2.33. The third-order valence-corrected chi connectivity index (χ3v) is 3.11. The van der Waals surface area contributed by atoms with Gasteiger partial charge >= 0.3 is 5.97 Å². The number of halogens is 1. The molecule has 0 aromatic heterocycles. The van der Waals surface area contributed by atoms with Gasteiger partial charge in [0.1, 0.15) is 5.82 Å². The molecule has 0 aliphatic carbocycles. The fourth-order valence-corrected chi connectivity index (χ4v) is 2.26. The van der Waals surface area contributed by atoms with Gasteiger partial charge in [-0.15, -0.1) is 0 Å². The van der Waals surface area contributed by atoms with E-state index in [0.717, 1.165) is 6.07 Å². The Morgan fingerprint density at radius 2 is 2.28 bits per heavy atom. The number of thiol groups is 1. The van der Waals surface area contributed by atoms with Crippen molar-refractivity contribution in [1.29, 1.82) is 0 Å². The maximum Gasteiger partial charge on any atom is 0.340 e. The zero-order chi connectivity index (χ0) is 13.3. The number of carbonyl (C=O) groups is 2. The summed E-state index contributed by atoms with van der Waals surface area (Å²) in [4.78, 5) is 24.8. The molecule has 6 heteroatoms. The van der Waals surface area contributed by atoms with Crippen molar-refractivity contribution in [2.75, 3.05) is 18.6 Å². The van der Waals surface area contributed by atoms with Crippen LogP contribution in [-0.2, 0) is 9.53 Å². The molecular formula is C12H12FNO3S. The number of esters is 1. The van der Waals surface area contributed by atoms with Crippen LogP contribution in [0, 0.1) is 5.82 Å². The lowest BCUT2D eigenvalue weighted by Crippen LogP contribution is -2.27. The summed E-state index contributed by atoms with van der Waals surface area (Å²) in [7, 11) is 1.21. The van der Waals surface area contributed by atoms with E-state index in [1.54, 1.807) is 0 Å². The normalized spacial score (nSPS) is 19.2. The number of rotatable bonds is 2. The Morgan fingerprint density at radius 1 is 1.56 bits per heavy atom. The number of hydrogen-bond acceptors (Lipinski definition) is 4. The topological polar surface area (TPSA) is 46.6 Å². The van der Waals surface area contributed by atoms with Crippen LogP contribution >= 0.6 is 12.6 Å². The largest absolute Gasteiger partial charge is 0.465 e. The molecular weight excluding hydrogens is 257 g/mol. The summed E-state index contributed by atoms with van der Waals surface area (Å²) in [5, 5.41) is -0.0759. The van der Waals surface area contributed by atoms with Crippen molar-refractivity contribution < 1.29 is 18.7 Å². The lowest BCUT2D eigenvalue weighted by atomic mass is 10.1. The van der Waals surface area contributed by atoms with Crippen LogP contribution < -0.4 is 4.90 Å². The summed E-state index contributed by atoms with van der Waals surface area (Å²) < 4.78 is 17.8. The van der Waals surface area contributed by atoms with Gasteiger partial charge in [-0.05, 0) is 18.2 Å².